The minimum atomic E-state index is -1.08. The van der Waals surface area contributed by atoms with Crippen LogP contribution in [0.4, 0.5) is 5.69 Å². The van der Waals surface area contributed by atoms with Crippen molar-refractivity contribution in [3.63, 3.8) is 0 Å². The van der Waals surface area contributed by atoms with Crippen molar-refractivity contribution >= 4 is 23.4 Å². The Bertz CT molecular complexity index is 1080. The number of amides is 3. The number of hydrogen-bond donors (Lipinski definition) is 0. The van der Waals surface area contributed by atoms with E-state index >= 15 is 0 Å². The van der Waals surface area contributed by atoms with Gasteiger partial charge in [0.25, 0.3) is 17.5 Å². The molecule has 1 heterocycles. The van der Waals surface area contributed by atoms with Gasteiger partial charge in [-0.2, -0.15) is 0 Å². The summed E-state index contributed by atoms with van der Waals surface area (Å²) in [6.45, 7) is 1.82. The third-order valence-electron chi connectivity index (χ3n) is 5.65. The third kappa shape index (κ3) is 3.63. The molecule has 2 aromatic carbocycles. The van der Waals surface area contributed by atoms with Crippen LogP contribution in [0.3, 0.4) is 0 Å². The summed E-state index contributed by atoms with van der Waals surface area (Å²) in [6, 6.07) is 10.2. The van der Waals surface area contributed by atoms with Crippen molar-refractivity contribution in [2.24, 2.45) is 0 Å². The summed E-state index contributed by atoms with van der Waals surface area (Å²) in [5, 5.41) is 11.3. The van der Waals surface area contributed by atoms with Crippen LogP contribution in [0, 0.1) is 10.1 Å². The smallest absolute Gasteiger partial charge is 0.282 e. The molecule has 3 amide bonds. The van der Waals surface area contributed by atoms with Gasteiger partial charge in [-0.15, -0.1) is 0 Å². The highest BCUT2D eigenvalue weighted by molar-refractivity contribution is 6.24. The van der Waals surface area contributed by atoms with Crippen molar-refractivity contribution in [2.75, 3.05) is 7.11 Å². The second kappa shape index (κ2) is 7.82. The Labute approximate surface area is 178 Å². The molecule has 9 nitrogen and oxygen atoms in total. The second-order valence-corrected chi connectivity index (χ2v) is 7.66. The van der Waals surface area contributed by atoms with Crippen LogP contribution in [0.1, 0.15) is 46.0 Å². The molecule has 0 spiro atoms. The Morgan fingerprint density at radius 3 is 2.45 bits per heavy atom. The summed E-state index contributed by atoms with van der Waals surface area (Å²) in [6.07, 6.45) is 1.70. The van der Waals surface area contributed by atoms with Crippen LogP contribution in [-0.4, -0.2) is 51.6 Å². The van der Waals surface area contributed by atoms with Crippen molar-refractivity contribution in [3.05, 3.63) is 69.3 Å². The lowest BCUT2D eigenvalue weighted by atomic mass is 10.1. The summed E-state index contributed by atoms with van der Waals surface area (Å²) in [5.74, 6) is -1.16. The maximum Gasteiger partial charge on any atom is 0.282 e. The van der Waals surface area contributed by atoms with Crippen molar-refractivity contribution in [3.8, 4) is 5.75 Å². The fourth-order valence-corrected chi connectivity index (χ4v) is 3.84. The molecule has 1 fully saturated rings. The van der Waals surface area contributed by atoms with Crippen LogP contribution in [0.25, 0.3) is 0 Å². The normalized spacial score (nSPS) is 16.1. The van der Waals surface area contributed by atoms with Gasteiger partial charge in [-0.05, 0) is 43.5 Å². The zero-order valence-electron chi connectivity index (χ0n) is 17.1. The van der Waals surface area contributed by atoms with Gasteiger partial charge in [0.2, 0.25) is 5.91 Å². The van der Waals surface area contributed by atoms with Crippen molar-refractivity contribution in [2.45, 2.75) is 38.4 Å². The number of methoxy groups -OCH3 is 1. The average Bonchev–Trinajstić information content (AvgIpc) is 3.58. The molecule has 1 atom stereocenters. The van der Waals surface area contributed by atoms with E-state index in [9.17, 15) is 24.5 Å². The fraction of sp³-hybridized carbons (Fsp3) is 0.318. The quantitative estimate of drug-likeness (QED) is 0.385. The lowest BCUT2D eigenvalue weighted by Gasteiger charge is -2.29. The first-order chi connectivity index (χ1) is 14.8. The molecule has 1 saturated carbocycles. The van der Waals surface area contributed by atoms with Crippen LogP contribution in [-0.2, 0) is 11.3 Å². The first-order valence-electron chi connectivity index (χ1n) is 9.92. The van der Waals surface area contributed by atoms with E-state index in [2.05, 4.69) is 0 Å². The Kier molecular flexibility index (Phi) is 5.18. The first kappa shape index (κ1) is 20.5. The second-order valence-electron chi connectivity index (χ2n) is 7.66. The highest BCUT2D eigenvalue weighted by atomic mass is 16.6. The predicted octanol–water partition coefficient (Wildman–Crippen LogP) is 2.78. The average molecular weight is 423 g/mol. The summed E-state index contributed by atoms with van der Waals surface area (Å²) in [4.78, 5) is 52.2. The summed E-state index contributed by atoms with van der Waals surface area (Å²) in [5.41, 5.74) is 0.152. The fourth-order valence-electron chi connectivity index (χ4n) is 3.84. The molecule has 0 saturated heterocycles. The first-order valence-corrected chi connectivity index (χ1v) is 9.92. The molecule has 9 heteroatoms. The van der Waals surface area contributed by atoms with Crippen molar-refractivity contribution in [1.29, 1.82) is 0 Å². The monoisotopic (exact) mass is 423 g/mol. The van der Waals surface area contributed by atoms with E-state index in [0.29, 0.717) is 12.3 Å². The molecule has 1 aliphatic heterocycles. The van der Waals surface area contributed by atoms with Crippen LogP contribution in [0.2, 0.25) is 0 Å². The number of carbonyl (C=O) groups excluding carboxylic acids is 3. The number of fused-ring (bicyclic) bond motifs is 1. The number of nitrogens with zero attached hydrogens (tertiary/aromatic N) is 3. The minimum absolute atomic E-state index is 0.0431. The van der Waals surface area contributed by atoms with E-state index in [0.717, 1.165) is 23.3 Å². The molecule has 4 rings (SSSR count). The molecular weight excluding hydrogens is 402 g/mol. The number of ether oxygens (including phenoxy) is 1. The number of hydrogen-bond acceptors (Lipinski definition) is 6. The zero-order valence-corrected chi connectivity index (χ0v) is 17.1. The highest BCUT2D eigenvalue weighted by Gasteiger charge is 2.46. The number of rotatable bonds is 7. The van der Waals surface area contributed by atoms with E-state index in [1.54, 1.807) is 24.1 Å². The number of benzene rings is 2. The van der Waals surface area contributed by atoms with Crippen LogP contribution >= 0.6 is 0 Å². The maximum absolute atomic E-state index is 13.3. The van der Waals surface area contributed by atoms with Gasteiger partial charge in [0, 0.05) is 18.7 Å². The Balaban J connectivity index is 1.59. The summed E-state index contributed by atoms with van der Waals surface area (Å²) in [7, 11) is 1.57. The molecule has 2 aliphatic rings. The lowest BCUT2D eigenvalue weighted by Crippen LogP contribution is -2.49. The topological polar surface area (TPSA) is 110 Å². The van der Waals surface area contributed by atoms with E-state index in [4.69, 9.17) is 4.74 Å². The van der Waals surface area contributed by atoms with Gasteiger partial charge in [0.15, 0.2) is 0 Å². The van der Waals surface area contributed by atoms with Crippen molar-refractivity contribution in [1.82, 2.24) is 9.80 Å². The number of nitro groups is 1. The summed E-state index contributed by atoms with van der Waals surface area (Å²) < 4.78 is 5.16. The van der Waals surface area contributed by atoms with Gasteiger partial charge in [-0.25, -0.2) is 0 Å². The molecule has 2 aromatic rings. The van der Waals surface area contributed by atoms with Crippen LogP contribution < -0.4 is 4.74 Å². The van der Waals surface area contributed by atoms with E-state index in [1.165, 1.54) is 25.1 Å². The molecule has 160 valence electrons. The van der Waals surface area contributed by atoms with Gasteiger partial charge < -0.3 is 9.64 Å². The van der Waals surface area contributed by atoms with Gasteiger partial charge in [-0.3, -0.25) is 29.4 Å². The van der Waals surface area contributed by atoms with E-state index in [-0.39, 0.29) is 23.1 Å². The minimum Gasteiger partial charge on any atom is -0.497 e. The third-order valence-corrected chi connectivity index (χ3v) is 5.65. The SMILES string of the molecule is COc1ccc(CN(C(=O)[C@H](C)N2C(=O)c3cccc([N+](=O)[O-])c3C2=O)C2CC2)cc1. The van der Waals surface area contributed by atoms with E-state index in [1.807, 2.05) is 12.1 Å². The largest absolute Gasteiger partial charge is 0.497 e. The molecule has 1 aliphatic carbocycles. The maximum atomic E-state index is 13.3. The molecule has 0 N–H and O–H groups in total. The Hall–Kier alpha value is -3.75. The Morgan fingerprint density at radius 1 is 1.19 bits per heavy atom. The number of carbonyl (C=O) groups is 3. The predicted molar refractivity (Wildman–Crippen MR) is 110 cm³/mol. The Morgan fingerprint density at radius 2 is 1.87 bits per heavy atom. The molecule has 31 heavy (non-hydrogen) atoms. The molecule has 0 unspecified atom stereocenters. The molecular formula is C22H21N3O6. The van der Waals surface area contributed by atoms with Gasteiger partial charge >= 0.3 is 0 Å². The van der Waals surface area contributed by atoms with Crippen molar-refractivity contribution < 1.29 is 24.0 Å². The molecule has 0 bridgehead atoms. The lowest BCUT2D eigenvalue weighted by molar-refractivity contribution is -0.385. The molecule has 0 aromatic heterocycles. The van der Waals surface area contributed by atoms with Gasteiger partial charge in [0.05, 0.1) is 17.6 Å². The van der Waals surface area contributed by atoms with Crippen LogP contribution in [0.15, 0.2) is 42.5 Å². The number of nitro benzene ring substituents is 1. The van der Waals surface area contributed by atoms with Gasteiger partial charge in [-0.1, -0.05) is 18.2 Å². The zero-order chi connectivity index (χ0) is 22.3. The summed E-state index contributed by atoms with van der Waals surface area (Å²) >= 11 is 0. The number of imide groups is 1. The highest BCUT2D eigenvalue weighted by Crippen LogP contribution is 2.34. The van der Waals surface area contributed by atoms with Gasteiger partial charge in [0.1, 0.15) is 17.4 Å². The molecule has 0 radical (unpaired) electrons. The van der Waals surface area contributed by atoms with E-state index < -0.39 is 28.5 Å². The van der Waals surface area contributed by atoms with Crippen LogP contribution in [0.5, 0.6) is 5.75 Å². The standard InChI is InChI=1S/C22H21N3O6/c1-13(24-21(27)17-4-3-5-18(25(29)30)19(17)22(24)28)20(26)23(15-8-9-15)12-14-6-10-16(31-2)11-7-14/h3-7,10-11,13,15H,8-9,12H2,1-2H3/t13-/m0/s1.